The van der Waals surface area contributed by atoms with Crippen LogP contribution in [-0.2, 0) is 0 Å². The molecule has 2 saturated carbocycles. The van der Waals surface area contributed by atoms with Crippen LogP contribution in [0.2, 0.25) is 0 Å². The molecule has 0 aliphatic heterocycles. The molecule has 0 heterocycles. The van der Waals surface area contributed by atoms with Gasteiger partial charge in [0.1, 0.15) is 0 Å². The van der Waals surface area contributed by atoms with Gasteiger partial charge in [0.2, 0.25) is 0 Å². The van der Waals surface area contributed by atoms with Crippen molar-refractivity contribution in [2.24, 2.45) is 17.1 Å². The highest BCUT2D eigenvalue weighted by molar-refractivity contribution is 4.93. The predicted octanol–water partition coefficient (Wildman–Crippen LogP) is 2.70. The van der Waals surface area contributed by atoms with Crippen molar-refractivity contribution in [2.45, 2.75) is 51.4 Å². The Bertz CT molecular complexity index is 143. The quantitative estimate of drug-likeness (QED) is 0.672. The lowest BCUT2D eigenvalue weighted by Crippen LogP contribution is -2.42. The molecule has 0 radical (unpaired) electrons. The molecule has 2 rings (SSSR count). The second-order valence-electron chi connectivity index (χ2n) is 4.75. The Hall–Kier alpha value is -0.0400. The second kappa shape index (κ2) is 3.37. The zero-order valence-electron chi connectivity index (χ0n) is 8.02. The van der Waals surface area contributed by atoms with Crippen LogP contribution in [0.25, 0.3) is 0 Å². The van der Waals surface area contributed by atoms with Crippen LogP contribution >= 0.6 is 0 Å². The van der Waals surface area contributed by atoms with Gasteiger partial charge in [-0.15, -0.1) is 0 Å². The minimum atomic E-state index is 0.594. The van der Waals surface area contributed by atoms with Gasteiger partial charge >= 0.3 is 0 Å². The first kappa shape index (κ1) is 8.55. The van der Waals surface area contributed by atoms with Crippen LogP contribution < -0.4 is 5.73 Å². The second-order valence-corrected chi connectivity index (χ2v) is 4.75. The highest BCUT2D eigenvalue weighted by Crippen LogP contribution is 2.49. The van der Waals surface area contributed by atoms with Crippen LogP contribution in [0.3, 0.4) is 0 Å². The van der Waals surface area contributed by atoms with Gasteiger partial charge in [0.25, 0.3) is 0 Å². The van der Waals surface area contributed by atoms with E-state index >= 15 is 0 Å². The Morgan fingerprint density at radius 2 is 1.67 bits per heavy atom. The average molecular weight is 167 g/mol. The summed E-state index contributed by atoms with van der Waals surface area (Å²) in [6.07, 6.45) is 11.6. The van der Waals surface area contributed by atoms with Gasteiger partial charge < -0.3 is 5.73 Å². The normalized spacial score (nSPS) is 29.8. The zero-order valence-corrected chi connectivity index (χ0v) is 8.02. The molecule has 0 bridgehead atoms. The molecular formula is C11H21N. The molecule has 1 nitrogen and oxygen atoms in total. The van der Waals surface area contributed by atoms with Gasteiger partial charge in [-0.3, -0.25) is 0 Å². The molecular weight excluding hydrogens is 146 g/mol. The Kier molecular flexibility index (Phi) is 2.40. The maximum absolute atomic E-state index is 5.95. The van der Waals surface area contributed by atoms with E-state index in [0.29, 0.717) is 5.41 Å². The standard InChI is InChI=1S/C11H21N/c12-9-11(10-5-4-6-10)7-2-1-3-8-11/h10H,1-9,12H2. The minimum absolute atomic E-state index is 0.594. The largest absolute Gasteiger partial charge is 0.330 e. The smallest absolute Gasteiger partial charge is 0.00179 e. The van der Waals surface area contributed by atoms with E-state index in [9.17, 15) is 0 Å². The topological polar surface area (TPSA) is 26.0 Å². The molecule has 0 saturated heterocycles. The maximum Gasteiger partial charge on any atom is -0.00179 e. The van der Waals surface area contributed by atoms with Crippen molar-refractivity contribution in [3.63, 3.8) is 0 Å². The Balaban J connectivity index is 2.00. The van der Waals surface area contributed by atoms with Gasteiger partial charge in [-0.2, -0.15) is 0 Å². The summed E-state index contributed by atoms with van der Waals surface area (Å²) in [7, 11) is 0. The van der Waals surface area contributed by atoms with Crippen molar-refractivity contribution in [1.82, 2.24) is 0 Å². The lowest BCUT2D eigenvalue weighted by molar-refractivity contribution is 0.0493. The SMILES string of the molecule is NCC1(C2CCC2)CCCCC1. The van der Waals surface area contributed by atoms with Crippen molar-refractivity contribution < 1.29 is 0 Å². The number of nitrogens with two attached hydrogens (primary N) is 1. The third-order valence-corrected chi connectivity index (χ3v) is 4.23. The molecule has 0 unspecified atom stereocenters. The van der Waals surface area contributed by atoms with Crippen molar-refractivity contribution in [3.8, 4) is 0 Å². The van der Waals surface area contributed by atoms with Gasteiger partial charge in [0, 0.05) is 0 Å². The van der Waals surface area contributed by atoms with Crippen LogP contribution in [0.1, 0.15) is 51.4 Å². The zero-order chi connectivity index (χ0) is 8.44. The van der Waals surface area contributed by atoms with Crippen molar-refractivity contribution in [2.75, 3.05) is 6.54 Å². The van der Waals surface area contributed by atoms with Crippen LogP contribution in [0.5, 0.6) is 0 Å². The fourth-order valence-electron chi connectivity index (χ4n) is 3.06. The molecule has 0 aromatic carbocycles. The average Bonchev–Trinajstić information content (AvgIpc) is 2.03. The molecule has 0 aromatic heterocycles. The van der Waals surface area contributed by atoms with E-state index in [-0.39, 0.29) is 0 Å². The molecule has 0 atom stereocenters. The highest BCUT2D eigenvalue weighted by atomic mass is 14.6. The van der Waals surface area contributed by atoms with Crippen molar-refractivity contribution in [1.29, 1.82) is 0 Å². The lowest BCUT2D eigenvalue weighted by Gasteiger charge is -2.47. The monoisotopic (exact) mass is 167 g/mol. The van der Waals surface area contributed by atoms with Gasteiger partial charge in [-0.25, -0.2) is 0 Å². The first-order chi connectivity index (χ1) is 5.87. The molecule has 0 aromatic rings. The van der Waals surface area contributed by atoms with Crippen LogP contribution in [-0.4, -0.2) is 6.54 Å². The van der Waals surface area contributed by atoms with Gasteiger partial charge in [-0.05, 0) is 43.6 Å². The molecule has 1 heteroatoms. The summed E-state index contributed by atoms with van der Waals surface area (Å²) in [4.78, 5) is 0. The number of hydrogen-bond acceptors (Lipinski definition) is 1. The van der Waals surface area contributed by atoms with E-state index in [0.717, 1.165) is 12.5 Å². The van der Waals surface area contributed by atoms with Crippen molar-refractivity contribution in [3.05, 3.63) is 0 Å². The molecule has 0 amide bonds. The molecule has 2 N–H and O–H groups in total. The van der Waals surface area contributed by atoms with Crippen molar-refractivity contribution >= 4 is 0 Å². The van der Waals surface area contributed by atoms with Gasteiger partial charge in [0.05, 0.1) is 0 Å². The summed E-state index contributed by atoms with van der Waals surface area (Å²) in [6, 6.07) is 0. The fraction of sp³-hybridized carbons (Fsp3) is 1.00. The Morgan fingerprint density at radius 3 is 2.08 bits per heavy atom. The highest BCUT2D eigenvalue weighted by Gasteiger charge is 2.40. The van der Waals surface area contributed by atoms with E-state index in [1.54, 1.807) is 0 Å². The summed E-state index contributed by atoms with van der Waals surface area (Å²) in [5, 5.41) is 0. The lowest BCUT2D eigenvalue weighted by atomic mass is 9.59. The third-order valence-electron chi connectivity index (χ3n) is 4.23. The summed E-state index contributed by atoms with van der Waals surface area (Å²) in [5.41, 5.74) is 6.54. The number of hydrogen-bond donors (Lipinski definition) is 1. The van der Waals surface area contributed by atoms with Crippen LogP contribution in [0, 0.1) is 11.3 Å². The van der Waals surface area contributed by atoms with E-state index in [1.807, 2.05) is 0 Å². The Labute approximate surface area is 75.7 Å². The predicted molar refractivity (Wildman–Crippen MR) is 51.9 cm³/mol. The van der Waals surface area contributed by atoms with Gasteiger partial charge in [-0.1, -0.05) is 25.7 Å². The summed E-state index contributed by atoms with van der Waals surface area (Å²) in [5.74, 6) is 1.00. The molecule has 2 aliphatic carbocycles. The summed E-state index contributed by atoms with van der Waals surface area (Å²) >= 11 is 0. The molecule has 2 fully saturated rings. The van der Waals surface area contributed by atoms with E-state index in [2.05, 4.69) is 0 Å². The number of rotatable bonds is 2. The maximum atomic E-state index is 5.95. The molecule has 0 spiro atoms. The summed E-state index contributed by atoms with van der Waals surface area (Å²) in [6.45, 7) is 0.956. The fourth-order valence-corrected chi connectivity index (χ4v) is 3.06. The van der Waals surface area contributed by atoms with Crippen LogP contribution in [0.15, 0.2) is 0 Å². The van der Waals surface area contributed by atoms with Gasteiger partial charge in [0.15, 0.2) is 0 Å². The molecule has 12 heavy (non-hydrogen) atoms. The summed E-state index contributed by atoms with van der Waals surface area (Å²) < 4.78 is 0. The molecule has 70 valence electrons. The first-order valence-electron chi connectivity index (χ1n) is 5.57. The molecule has 2 aliphatic rings. The first-order valence-corrected chi connectivity index (χ1v) is 5.57. The Morgan fingerprint density at radius 1 is 1.00 bits per heavy atom. The van der Waals surface area contributed by atoms with E-state index < -0.39 is 0 Å². The third kappa shape index (κ3) is 1.28. The van der Waals surface area contributed by atoms with E-state index in [4.69, 9.17) is 5.73 Å². The van der Waals surface area contributed by atoms with Crippen LogP contribution in [0.4, 0.5) is 0 Å². The van der Waals surface area contributed by atoms with E-state index in [1.165, 1.54) is 51.4 Å². The minimum Gasteiger partial charge on any atom is -0.330 e.